The standard InChI is InChI=1S/C19H20F2N2O3S2/c1-13-4-10-16(11-5-13)28(25,26)23-12-2-3-17(23)18(24)22-14-6-8-15(9-7-14)27-19(20)21/h4-11,17,19H,2-3,12H2,1H3,(H,22,24). The van der Waals surface area contributed by atoms with Gasteiger partial charge in [-0.2, -0.15) is 13.1 Å². The van der Waals surface area contributed by atoms with E-state index in [9.17, 15) is 22.0 Å². The largest absolute Gasteiger partial charge is 0.325 e. The number of thioether (sulfide) groups is 1. The molecule has 1 amide bonds. The molecule has 1 unspecified atom stereocenters. The monoisotopic (exact) mass is 426 g/mol. The number of sulfonamides is 1. The molecule has 0 saturated carbocycles. The third-order valence-corrected chi connectivity index (χ3v) is 7.13. The molecule has 0 bridgehead atoms. The van der Waals surface area contributed by atoms with Gasteiger partial charge in [-0.3, -0.25) is 4.79 Å². The summed E-state index contributed by atoms with van der Waals surface area (Å²) >= 11 is 0.420. The smallest absolute Gasteiger partial charge is 0.288 e. The molecule has 1 saturated heterocycles. The Morgan fingerprint density at radius 2 is 1.79 bits per heavy atom. The molecule has 5 nitrogen and oxygen atoms in total. The Balaban J connectivity index is 1.73. The van der Waals surface area contributed by atoms with Crippen LogP contribution in [0.25, 0.3) is 0 Å². The van der Waals surface area contributed by atoms with Crippen LogP contribution in [0.1, 0.15) is 18.4 Å². The van der Waals surface area contributed by atoms with E-state index in [1.807, 2.05) is 6.92 Å². The number of halogens is 2. The average molecular weight is 427 g/mol. The van der Waals surface area contributed by atoms with Crippen molar-refractivity contribution in [3.05, 3.63) is 54.1 Å². The molecular weight excluding hydrogens is 406 g/mol. The molecule has 1 atom stereocenters. The first-order chi connectivity index (χ1) is 13.3. The van der Waals surface area contributed by atoms with E-state index < -0.39 is 27.7 Å². The summed E-state index contributed by atoms with van der Waals surface area (Å²) in [4.78, 5) is 13.2. The lowest BCUT2D eigenvalue weighted by Crippen LogP contribution is -2.43. The summed E-state index contributed by atoms with van der Waals surface area (Å²) in [5, 5.41) is 2.69. The minimum absolute atomic E-state index is 0.158. The predicted molar refractivity (Wildman–Crippen MR) is 105 cm³/mol. The molecule has 2 aromatic rings. The molecule has 150 valence electrons. The minimum Gasteiger partial charge on any atom is -0.325 e. The number of hydrogen-bond donors (Lipinski definition) is 1. The van der Waals surface area contributed by atoms with Crippen LogP contribution in [0.5, 0.6) is 0 Å². The molecule has 1 heterocycles. The van der Waals surface area contributed by atoms with Crippen LogP contribution in [0.3, 0.4) is 0 Å². The van der Waals surface area contributed by atoms with Crippen molar-refractivity contribution in [1.82, 2.24) is 4.31 Å². The van der Waals surface area contributed by atoms with Gasteiger partial charge < -0.3 is 5.32 Å². The topological polar surface area (TPSA) is 66.5 Å². The molecule has 9 heteroatoms. The first kappa shape index (κ1) is 20.8. The summed E-state index contributed by atoms with van der Waals surface area (Å²) in [5.41, 5.74) is 1.38. The summed E-state index contributed by atoms with van der Waals surface area (Å²) < 4.78 is 51.9. The van der Waals surface area contributed by atoms with Crippen molar-refractivity contribution in [1.29, 1.82) is 0 Å². The number of nitrogens with zero attached hydrogens (tertiary/aromatic N) is 1. The highest BCUT2D eigenvalue weighted by atomic mass is 32.2. The van der Waals surface area contributed by atoms with Crippen LogP contribution >= 0.6 is 11.8 Å². The van der Waals surface area contributed by atoms with E-state index in [1.54, 1.807) is 12.1 Å². The number of nitrogens with one attached hydrogen (secondary N) is 1. The van der Waals surface area contributed by atoms with E-state index in [0.717, 1.165) is 5.56 Å². The molecule has 1 fully saturated rings. The van der Waals surface area contributed by atoms with Gasteiger partial charge in [0.1, 0.15) is 6.04 Å². The Morgan fingerprint density at radius 3 is 2.39 bits per heavy atom. The van der Waals surface area contributed by atoms with Crippen LogP contribution in [0.15, 0.2) is 58.3 Å². The van der Waals surface area contributed by atoms with Gasteiger partial charge in [-0.15, -0.1) is 0 Å². The van der Waals surface area contributed by atoms with Gasteiger partial charge in [-0.1, -0.05) is 29.5 Å². The highest BCUT2D eigenvalue weighted by Gasteiger charge is 2.39. The second kappa shape index (κ2) is 8.59. The van der Waals surface area contributed by atoms with Crippen LogP contribution < -0.4 is 5.32 Å². The fourth-order valence-corrected chi connectivity index (χ4v) is 5.24. The number of aryl methyl sites for hydroxylation is 1. The number of rotatable bonds is 6. The third kappa shape index (κ3) is 4.71. The first-order valence-electron chi connectivity index (χ1n) is 8.71. The average Bonchev–Trinajstić information content (AvgIpc) is 3.14. The Kier molecular flexibility index (Phi) is 6.36. The minimum atomic E-state index is -3.78. The van der Waals surface area contributed by atoms with Crippen molar-refractivity contribution in [2.75, 3.05) is 11.9 Å². The summed E-state index contributed by atoms with van der Waals surface area (Å²) in [5.74, 6) is -2.94. The van der Waals surface area contributed by atoms with Gasteiger partial charge in [-0.25, -0.2) is 8.42 Å². The normalized spacial score (nSPS) is 17.8. The molecule has 0 aliphatic carbocycles. The zero-order chi connectivity index (χ0) is 20.3. The van der Waals surface area contributed by atoms with Gasteiger partial charge in [0.15, 0.2) is 0 Å². The van der Waals surface area contributed by atoms with Crippen molar-refractivity contribution in [3.63, 3.8) is 0 Å². The summed E-state index contributed by atoms with van der Waals surface area (Å²) in [7, 11) is -3.78. The van der Waals surface area contributed by atoms with Gasteiger partial charge >= 0.3 is 0 Å². The van der Waals surface area contributed by atoms with Crippen LogP contribution in [0.2, 0.25) is 0 Å². The Hall–Kier alpha value is -1.97. The third-order valence-electron chi connectivity index (χ3n) is 4.48. The molecule has 0 spiro atoms. The number of carbonyl (C=O) groups excluding carboxylic acids is 1. The summed E-state index contributed by atoms with van der Waals surface area (Å²) in [6.45, 7) is 2.14. The SMILES string of the molecule is Cc1ccc(S(=O)(=O)N2CCCC2C(=O)Nc2ccc(SC(F)F)cc2)cc1. The Bertz CT molecular complexity index is 933. The number of hydrogen-bond acceptors (Lipinski definition) is 4. The lowest BCUT2D eigenvalue weighted by molar-refractivity contribution is -0.119. The van der Waals surface area contributed by atoms with E-state index in [4.69, 9.17) is 0 Å². The van der Waals surface area contributed by atoms with Crippen molar-refractivity contribution >= 4 is 33.4 Å². The fraction of sp³-hybridized carbons (Fsp3) is 0.316. The highest BCUT2D eigenvalue weighted by Crippen LogP contribution is 2.29. The number of alkyl halides is 2. The van der Waals surface area contributed by atoms with Crippen LogP contribution in [-0.2, 0) is 14.8 Å². The molecule has 1 aliphatic rings. The number of anilines is 1. The lowest BCUT2D eigenvalue weighted by Gasteiger charge is -2.23. The zero-order valence-electron chi connectivity index (χ0n) is 15.1. The maximum absolute atomic E-state index is 12.9. The van der Waals surface area contributed by atoms with Crippen molar-refractivity contribution in [2.45, 2.75) is 41.4 Å². The summed E-state index contributed by atoms with van der Waals surface area (Å²) in [6.07, 6.45) is 1.02. The van der Waals surface area contributed by atoms with Crippen molar-refractivity contribution in [2.24, 2.45) is 0 Å². The molecule has 1 aliphatic heterocycles. The van der Waals surface area contributed by atoms with Crippen molar-refractivity contribution in [3.8, 4) is 0 Å². The molecular formula is C19H20F2N2O3S2. The predicted octanol–water partition coefficient (Wildman–Crippen LogP) is 4.10. The molecule has 1 N–H and O–H groups in total. The number of benzene rings is 2. The fourth-order valence-electron chi connectivity index (χ4n) is 3.08. The van der Waals surface area contributed by atoms with Gasteiger partial charge in [0.2, 0.25) is 15.9 Å². The second-order valence-electron chi connectivity index (χ2n) is 6.48. The van der Waals surface area contributed by atoms with E-state index in [1.165, 1.54) is 40.7 Å². The molecule has 2 aromatic carbocycles. The maximum atomic E-state index is 12.9. The van der Waals surface area contributed by atoms with Gasteiger partial charge in [0.25, 0.3) is 5.76 Å². The number of amides is 1. The van der Waals surface area contributed by atoms with Crippen LogP contribution in [0.4, 0.5) is 14.5 Å². The maximum Gasteiger partial charge on any atom is 0.288 e. The van der Waals surface area contributed by atoms with Crippen LogP contribution in [0, 0.1) is 6.92 Å². The van der Waals surface area contributed by atoms with Crippen molar-refractivity contribution < 1.29 is 22.0 Å². The van der Waals surface area contributed by atoms with Gasteiger partial charge in [0, 0.05) is 17.1 Å². The Morgan fingerprint density at radius 1 is 1.14 bits per heavy atom. The zero-order valence-corrected chi connectivity index (χ0v) is 16.8. The first-order valence-corrected chi connectivity index (χ1v) is 11.0. The Labute approximate surface area is 167 Å². The van der Waals surface area contributed by atoms with E-state index >= 15 is 0 Å². The van der Waals surface area contributed by atoms with Gasteiger partial charge in [0.05, 0.1) is 4.90 Å². The van der Waals surface area contributed by atoms with E-state index in [0.29, 0.717) is 35.2 Å². The molecule has 0 aromatic heterocycles. The number of carbonyl (C=O) groups is 1. The lowest BCUT2D eigenvalue weighted by atomic mass is 10.2. The van der Waals surface area contributed by atoms with Gasteiger partial charge in [-0.05, 0) is 56.2 Å². The second-order valence-corrected chi connectivity index (χ2v) is 9.43. The highest BCUT2D eigenvalue weighted by molar-refractivity contribution is 7.99. The molecule has 28 heavy (non-hydrogen) atoms. The van der Waals surface area contributed by atoms with E-state index in [-0.39, 0.29) is 11.4 Å². The quantitative estimate of drug-likeness (QED) is 0.707. The molecule has 0 radical (unpaired) electrons. The molecule has 3 rings (SSSR count). The van der Waals surface area contributed by atoms with Crippen LogP contribution in [-0.4, -0.2) is 37.0 Å². The van der Waals surface area contributed by atoms with E-state index in [2.05, 4.69) is 5.32 Å². The summed E-state index contributed by atoms with van der Waals surface area (Å²) in [6, 6.07) is 11.7.